The van der Waals surface area contributed by atoms with E-state index < -0.39 is 0 Å². The largest absolute Gasteiger partial charge is 0.448 e. The van der Waals surface area contributed by atoms with Gasteiger partial charge >= 0.3 is 0 Å². The molecule has 148 valence electrons. The number of aliphatic imine (C=N–C) groups is 1. The molecule has 0 bridgehead atoms. The van der Waals surface area contributed by atoms with Crippen LogP contribution in [-0.2, 0) is 6.42 Å². The lowest BCUT2D eigenvalue weighted by atomic mass is 9.97. The normalized spacial score (nSPS) is 15.3. The molecule has 2 heterocycles. The molecule has 2 aromatic rings. The lowest BCUT2D eigenvalue weighted by Crippen LogP contribution is -2.40. The van der Waals surface area contributed by atoms with E-state index in [2.05, 4.69) is 9.98 Å². The van der Waals surface area contributed by atoms with Gasteiger partial charge in [-0.2, -0.15) is 0 Å². The highest BCUT2D eigenvalue weighted by atomic mass is 35.5. The van der Waals surface area contributed by atoms with Crippen LogP contribution in [0.4, 0.5) is 0 Å². The van der Waals surface area contributed by atoms with Gasteiger partial charge in [0, 0.05) is 49.3 Å². The predicted octanol–water partition coefficient (Wildman–Crippen LogP) is 4.11. The number of nitrogens with two attached hydrogens (primary N) is 1. The summed E-state index contributed by atoms with van der Waals surface area (Å²) in [6, 6.07) is 4.88. The maximum absolute atomic E-state index is 13.0. The number of carbonyl (C=O) groups excluding carboxylic acids is 1. The number of hydrogen-bond donors (Lipinski definition) is 1. The predicted molar refractivity (Wildman–Crippen MR) is 111 cm³/mol. The number of amides is 1. The van der Waals surface area contributed by atoms with Crippen LogP contribution in [0.3, 0.4) is 0 Å². The summed E-state index contributed by atoms with van der Waals surface area (Å²) in [6.45, 7) is 5.38. The summed E-state index contributed by atoms with van der Waals surface area (Å²) in [7, 11) is 0. The maximum atomic E-state index is 13.0. The monoisotopic (exact) mass is 420 g/mol. The molecule has 1 amide bonds. The van der Waals surface area contributed by atoms with Crippen molar-refractivity contribution < 1.29 is 9.21 Å². The SMILES string of the molecule is CCN=C(C1=C(N)CCN(C(=O)c2ccc(Cl)c(Cl)c2)C1)c1ncoc1CC. The second kappa shape index (κ2) is 8.80. The van der Waals surface area contributed by atoms with E-state index in [0.29, 0.717) is 59.5 Å². The van der Waals surface area contributed by atoms with Crippen molar-refractivity contribution in [1.82, 2.24) is 9.88 Å². The summed E-state index contributed by atoms with van der Waals surface area (Å²) in [5.74, 6) is 0.621. The molecule has 8 heteroatoms. The molecule has 1 aromatic heterocycles. The molecule has 0 unspecified atom stereocenters. The zero-order chi connectivity index (χ0) is 20.3. The van der Waals surface area contributed by atoms with E-state index in [1.165, 1.54) is 6.39 Å². The van der Waals surface area contributed by atoms with Gasteiger partial charge in [0.15, 0.2) is 6.39 Å². The second-order valence-corrected chi connectivity index (χ2v) is 7.22. The lowest BCUT2D eigenvalue weighted by molar-refractivity contribution is 0.0766. The number of nitrogens with zero attached hydrogens (tertiary/aromatic N) is 3. The van der Waals surface area contributed by atoms with Gasteiger partial charge in [-0.05, 0) is 25.1 Å². The molecule has 6 nitrogen and oxygen atoms in total. The van der Waals surface area contributed by atoms with Gasteiger partial charge in [-0.1, -0.05) is 30.1 Å². The minimum atomic E-state index is -0.129. The van der Waals surface area contributed by atoms with Crippen molar-refractivity contribution in [2.75, 3.05) is 19.6 Å². The van der Waals surface area contributed by atoms with Crippen LogP contribution in [0.25, 0.3) is 0 Å². The quantitative estimate of drug-likeness (QED) is 0.737. The summed E-state index contributed by atoms with van der Waals surface area (Å²) in [6.07, 6.45) is 2.67. The average molecular weight is 421 g/mol. The molecule has 0 radical (unpaired) electrons. The zero-order valence-corrected chi connectivity index (χ0v) is 17.3. The first-order valence-electron chi connectivity index (χ1n) is 9.15. The molecule has 1 aliphatic rings. The van der Waals surface area contributed by atoms with Crippen molar-refractivity contribution in [3.05, 3.63) is 62.9 Å². The van der Waals surface area contributed by atoms with Crippen LogP contribution in [0, 0.1) is 0 Å². The molecule has 0 atom stereocenters. The maximum Gasteiger partial charge on any atom is 0.254 e. The number of carbonyl (C=O) groups is 1. The number of rotatable bonds is 5. The van der Waals surface area contributed by atoms with E-state index in [-0.39, 0.29) is 5.91 Å². The highest BCUT2D eigenvalue weighted by Gasteiger charge is 2.28. The standard InChI is InChI=1S/C20H22Cl2N4O2/c1-3-17-19(25-11-28-17)18(24-4-2)13-10-26(8-7-16(13)23)20(27)12-5-6-14(21)15(22)9-12/h5-6,9,11H,3-4,7-8,10,23H2,1-2H3. The number of oxazole rings is 1. The molecule has 2 N–H and O–H groups in total. The highest BCUT2D eigenvalue weighted by Crippen LogP contribution is 2.26. The van der Waals surface area contributed by atoms with Gasteiger partial charge in [-0.15, -0.1) is 0 Å². The van der Waals surface area contributed by atoms with Gasteiger partial charge in [-0.3, -0.25) is 9.79 Å². The molecule has 3 rings (SSSR count). The van der Waals surface area contributed by atoms with Gasteiger partial charge in [0.05, 0.1) is 15.8 Å². The first-order chi connectivity index (χ1) is 13.5. The van der Waals surface area contributed by atoms with Crippen LogP contribution in [0.1, 0.15) is 42.1 Å². The van der Waals surface area contributed by atoms with Crippen LogP contribution in [0.5, 0.6) is 0 Å². The fraction of sp³-hybridized carbons (Fsp3) is 0.350. The van der Waals surface area contributed by atoms with Crippen LogP contribution in [-0.4, -0.2) is 41.1 Å². The molecule has 0 saturated carbocycles. The fourth-order valence-corrected chi connectivity index (χ4v) is 3.47. The van der Waals surface area contributed by atoms with Crippen LogP contribution in [0.15, 0.2) is 45.3 Å². The molecule has 0 fully saturated rings. The molecule has 1 aromatic carbocycles. The van der Waals surface area contributed by atoms with E-state index in [1.54, 1.807) is 23.1 Å². The smallest absolute Gasteiger partial charge is 0.254 e. The third kappa shape index (κ3) is 4.08. The lowest BCUT2D eigenvalue weighted by Gasteiger charge is -2.30. The number of benzene rings is 1. The number of halogens is 2. The van der Waals surface area contributed by atoms with Crippen molar-refractivity contribution in [3.8, 4) is 0 Å². The Labute approximate surface area is 174 Å². The van der Waals surface area contributed by atoms with E-state index in [1.807, 2.05) is 13.8 Å². The Kier molecular flexibility index (Phi) is 6.42. The third-order valence-electron chi connectivity index (χ3n) is 4.63. The average Bonchev–Trinajstić information content (AvgIpc) is 3.17. The molecule has 0 aliphatic carbocycles. The minimum absolute atomic E-state index is 0.129. The van der Waals surface area contributed by atoms with Crippen molar-refractivity contribution in [1.29, 1.82) is 0 Å². The third-order valence-corrected chi connectivity index (χ3v) is 5.37. The van der Waals surface area contributed by atoms with Gasteiger partial charge < -0.3 is 15.1 Å². The second-order valence-electron chi connectivity index (χ2n) is 6.41. The van der Waals surface area contributed by atoms with E-state index in [9.17, 15) is 4.79 Å². The van der Waals surface area contributed by atoms with Crippen molar-refractivity contribution in [2.24, 2.45) is 10.7 Å². The van der Waals surface area contributed by atoms with Gasteiger partial charge in [0.25, 0.3) is 5.91 Å². The van der Waals surface area contributed by atoms with Crippen LogP contribution >= 0.6 is 23.2 Å². The Morgan fingerprint density at radius 3 is 2.79 bits per heavy atom. The Hall–Kier alpha value is -2.31. The molecule has 1 aliphatic heterocycles. The Morgan fingerprint density at radius 2 is 2.11 bits per heavy atom. The summed E-state index contributed by atoms with van der Waals surface area (Å²) >= 11 is 12.0. The summed E-state index contributed by atoms with van der Waals surface area (Å²) in [4.78, 5) is 23.7. The molecular weight excluding hydrogens is 399 g/mol. The number of aromatic nitrogens is 1. The van der Waals surface area contributed by atoms with Crippen LogP contribution < -0.4 is 5.73 Å². The fourth-order valence-electron chi connectivity index (χ4n) is 3.18. The van der Waals surface area contributed by atoms with Crippen molar-refractivity contribution >= 4 is 34.8 Å². The molecule has 0 spiro atoms. The molecular formula is C20H22Cl2N4O2. The first-order valence-corrected chi connectivity index (χ1v) is 9.91. The summed E-state index contributed by atoms with van der Waals surface area (Å²) in [5.41, 5.74) is 9.71. The Bertz CT molecular complexity index is 949. The zero-order valence-electron chi connectivity index (χ0n) is 15.8. The van der Waals surface area contributed by atoms with Gasteiger partial charge in [0.2, 0.25) is 0 Å². The number of hydrogen-bond acceptors (Lipinski definition) is 5. The number of aryl methyl sites for hydroxylation is 1. The minimum Gasteiger partial charge on any atom is -0.448 e. The van der Waals surface area contributed by atoms with E-state index >= 15 is 0 Å². The van der Waals surface area contributed by atoms with Gasteiger partial charge in [-0.25, -0.2) is 4.98 Å². The molecule has 0 saturated heterocycles. The Morgan fingerprint density at radius 1 is 1.32 bits per heavy atom. The Balaban J connectivity index is 1.92. The van der Waals surface area contributed by atoms with Crippen molar-refractivity contribution in [3.63, 3.8) is 0 Å². The first kappa shape index (κ1) is 20.4. The van der Waals surface area contributed by atoms with Crippen molar-refractivity contribution in [2.45, 2.75) is 26.7 Å². The summed E-state index contributed by atoms with van der Waals surface area (Å²) in [5, 5.41) is 0.764. The highest BCUT2D eigenvalue weighted by molar-refractivity contribution is 6.42. The molecule has 28 heavy (non-hydrogen) atoms. The topological polar surface area (TPSA) is 84.7 Å². The van der Waals surface area contributed by atoms with Gasteiger partial charge in [0.1, 0.15) is 11.5 Å². The van der Waals surface area contributed by atoms with E-state index in [0.717, 1.165) is 17.0 Å². The summed E-state index contributed by atoms with van der Waals surface area (Å²) < 4.78 is 5.47. The van der Waals surface area contributed by atoms with E-state index in [4.69, 9.17) is 33.4 Å². The van der Waals surface area contributed by atoms with Crippen LogP contribution in [0.2, 0.25) is 10.0 Å².